The lowest BCUT2D eigenvalue weighted by Crippen LogP contribution is -2.32. The van der Waals surface area contributed by atoms with Crippen LogP contribution in [0.5, 0.6) is 0 Å². The molecule has 0 spiro atoms. The number of fused-ring (bicyclic) bond motifs is 1. The number of hydrogen-bond donors (Lipinski definition) is 2. The highest BCUT2D eigenvalue weighted by Gasteiger charge is 2.18. The van der Waals surface area contributed by atoms with Gasteiger partial charge in [0, 0.05) is 24.9 Å². The van der Waals surface area contributed by atoms with Crippen LogP contribution in [0.25, 0.3) is 11.1 Å². The van der Waals surface area contributed by atoms with E-state index in [1.54, 1.807) is 18.2 Å². The summed E-state index contributed by atoms with van der Waals surface area (Å²) in [6.45, 7) is 1.96. The number of oxazole rings is 1. The van der Waals surface area contributed by atoms with Crippen molar-refractivity contribution in [3.8, 4) is 0 Å². The topological polar surface area (TPSA) is 96.6 Å². The molecule has 7 heteroatoms. The van der Waals surface area contributed by atoms with Crippen molar-refractivity contribution in [1.29, 1.82) is 0 Å². The van der Waals surface area contributed by atoms with Gasteiger partial charge in [-0.15, -0.1) is 0 Å². The molecule has 2 amide bonds. The number of amides is 2. The highest BCUT2D eigenvalue weighted by molar-refractivity contribution is 6.43. The molecule has 1 aromatic carbocycles. The van der Waals surface area contributed by atoms with Crippen LogP contribution in [0.3, 0.4) is 0 Å². The fraction of sp³-hybridized carbons (Fsp3) is 0.286. The molecule has 0 aliphatic carbocycles. The van der Waals surface area contributed by atoms with Crippen molar-refractivity contribution in [2.75, 3.05) is 5.32 Å². The van der Waals surface area contributed by atoms with E-state index in [-0.39, 0.29) is 18.2 Å². The second kappa shape index (κ2) is 5.35. The quantitative estimate of drug-likeness (QED) is 0.895. The standard InChI is InChI=1S/C14H14N4O3/c1-2-13-16-10-7-8(3-5-11(10)21-13)15-14(20)9-4-6-12(19)18-17-9/h3,5,7H,2,4,6H2,1H3,(H,15,20)(H,18,19). The van der Waals surface area contributed by atoms with Gasteiger partial charge >= 0.3 is 0 Å². The molecule has 21 heavy (non-hydrogen) atoms. The van der Waals surface area contributed by atoms with Gasteiger partial charge < -0.3 is 9.73 Å². The Balaban J connectivity index is 1.78. The molecule has 0 atom stereocenters. The van der Waals surface area contributed by atoms with Gasteiger partial charge in [-0.3, -0.25) is 9.59 Å². The van der Waals surface area contributed by atoms with Crippen molar-refractivity contribution < 1.29 is 14.0 Å². The molecule has 1 aliphatic rings. The van der Waals surface area contributed by atoms with Crippen molar-refractivity contribution in [3.05, 3.63) is 24.1 Å². The number of carbonyl (C=O) groups excluding carboxylic acids is 2. The number of benzene rings is 1. The van der Waals surface area contributed by atoms with Crippen molar-refractivity contribution in [2.45, 2.75) is 26.2 Å². The lowest BCUT2D eigenvalue weighted by Gasteiger charge is -2.11. The van der Waals surface area contributed by atoms with Crippen LogP contribution in [0.1, 0.15) is 25.7 Å². The predicted octanol–water partition coefficient (Wildman–Crippen LogP) is 1.59. The molecule has 0 saturated carbocycles. The molecular formula is C14H14N4O3. The zero-order valence-corrected chi connectivity index (χ0v) is 11.5. The molecule has 108 valence electrons. The smallest absolute Gasteiger partial charge is 0.271 e. The van der Waals surface area contributed by atoms with E-state index in [4.69, 9.17) is 4.42 Å². The maximum Gasteiger partial charge on any atom is 0.271 e. The van der Waals surface area contributed by atoms with Gasteiger partial charge in [0.15, 0.2) is 11.5 Å². The molecule has 3 rings (SSSR count). The van der Waals surface area contributed by atoms with E-state index in [1.807, 2.05) is 6.92 Å². The largest absolute Gasteiger partial charge is 0.441 e. The summed E-state index contributed by atoms with van der Waals surface area (Å²) in [7, 11) is 0. The number of nitrogens with zero attached hydrogens (tertiary/aromatic N) is 2. The van der Waals surface area contributed by atoms with E-state index < -0.39 is 0 Å². The predicted molar refractivity (Wildman–Crippen MR) is 76.8 cm³/mol. The Hall–Kier alpha value is -2.70. The van der Waals surface area contributed by atoms with E-state index in [2.05, 4.69) is 20.8 Å². The van der Waals surface area contributed by atoms with Gasteiger partial charge in [-0.2, -0.15) is 5.10 Å². The lowest BCUT2D eigenvalue weighted by atomic mass is 10.1. The number of hydrogen-bond acceptors (Lipinski definition) is 5. The van der Waals surface area contributed by atoms with Crippen molar-refractivity contribution in [2.24, 2.45) is 5.10 Å². The Morgan fingerprint density at radius 3 is 3.00 bits per heavy atom. The SMILES string of the molecule is CCc1nc2cc(NC(=O)C3=NNC(=O)CC3)ccc2o1. The van der Waals surface area contributed by atoms with Crippen LogP contribution in [-0.2, 0) is 16.0 Å². The Morgan fingerprint density at radius 2 is 2.29 bits per heavy atom. The molecule has 1 aliphatic heterocycles. The maximum atomic E-state index is 12.0. The van der Waals surface area contributed by atoms with E-state index >= 15 is 0 Å². The molecule has 1 aromatic heterocycles. The molecule has 0 bridgehead atoms. The fourth-order valence-electron chi connectivity index (χ4n) is 2.05. The normalized spacial score (nSPS) is 14.7. The molecule has 0 unspecified atom stereocenters. The number of anilines is 1. The van der Waals surface area contributed by atoms with Gasteiger partial charge in [0.05, 0.1) is 0 Å². The average molecular weight is 286 g/mol. The van der Waals surface area contributed by atoms with E-state index in [0.29, 0.717) is 41.2 Å². The van der Waals surface area contributed by atoms with Crippen LogP contribution >= 0.6 is 0 Å². The summed E-state index contributed by atoms with van der Waals surface area (Å²) in [5, 5.41) is 6.50. The summed E-state index contributed by atoms with van der Waals surface area (Å²) < 4.78 is 5.51. The van der Waals surface area contributed by atoms with Crippen molar-refractivity contribution in [1.82, 2.24) is 10.4 Å². The first-order valence-electron chi connectivity index (χ1n) is 6.72. The van der Waals surface area contributed by atoms with Crippen LogP contribution in [-0.4, -0.2) is 22.5 Å². The number of carbonyl (C=O) groups is 2. The summed E-state index contributed by atoms with van der Waals surface area (Å²) in [5.41, 5.74) is 4.61. The zero-order chi connectivity index (χ0) is 14.8. The molecule has 0 fully saturated rings. The van der Waals surface area contributed by atoms with Crippen LogP contribution in [0, 0.1) is 0 Å². The highest BCUT2D eigenvalue weighted by atomic mass is 16.3. The Morgan fingerprint density at radius 1 is 1.43 bits per heavy atom. The minimum absolute atomic E-state index is 0.178. The summed E-state index contributed by atoms with van der Waals surface area (Å²) >= 11 is 0. The third kappa shape index (κ3) is 2.76. The summed E-state index contributed by atoms with van der Waals surface area (Å²) in [5.74, 6) is 0.157. The van der Waals surface area contributed by atoms with Gasteiger partial charge in [0.2, 0.25) is 5.91 Å². The van der Waals surface area contributed by atoms with Crippen LogP contribution < -0.4 is 10.7 Å². The van der Waals surface area contributed by atoms with Gasteiger partial charge in [0.25, 0.3) is 5.91 Å². The minimum atomic E-state index is -0.325. The molecular weight excluding hydrogens is 272 g/mol. The highest BCUT2D eigenvalue weighted by Crippen LogP contribution is 2.20. The summed E-state index contributed by atoms with van der Waals surface area (Å²) in [4.78, 5) is 27.3. The summed E-state index contributed by atoms with van der Waals surface area (Å²) in [6, 6.07) is 5.26. The van der Waals surface area contributed by atoms with Gasteiger partial charge in [0.1, 0.15) is 11.2 Å². The van der Waals surface area contributed by atoms with Crippen molar-refractivity contribution >= 4 is 34.3 Å². The van der Waals surface area contributed by atoms with Gasteiger partial charge in [-0.1, -0.05) is 6.92 Å². The zero-order valence-electron chi connectivity index (χ0n) is 11.5. The van der Waals surface area contributed by atoms with Gasteiger partial charge in [-0.25, -0.2) is 10.4 Å². The third-order valence-corrected chi connectivity index (χ3v) is 3.16. The second-order valence-electron chi connectivity index (χ2n) is 4.69. The lowest BCUT2D eigenvalue weighted by molar-refractivity contribution is -0.121. The second-order valence-corrected chi connectivity index (χ2v) is 4.69. The first-order valence-corrected chi connectivity index (χ1v) is 6.72. The van der Waals surface area contributed by atoms with Crippen molar-refractivity contribution in [3.63, 3.8) is 0 Å². The first-order chi connectivity index (χ1) is 10.2. The maximum absolute atomic E-state index is 12.0. The van der Waals surface area contributed by atoms with E-state index in [9.17, 15) is 9.59 Å². The van der Waals surface area contributed by atoms with Crippen LogP contribution in [0.2, 0.25) is 0 Å². The third-order valence-electron chi connectivity index (χ3n) is 3.16. The van der Waals surface area contributed by atoms with Crippen LogP contribution in [0.15, 0.2) is 27.7 Å². The number of hydrazone groups is 1. The molecule has 0 saturated heterocycles. The van der Waals surface area contributed by atoms with Gasteiger partial charge in [-0.05, 0) is 18.2 Å². The molecule has 2 N–H and O–H groups in total. The first kappa shape index (κ1) is 13.3. The molecule has 0 radical (unpaired) electrons. The van der Waals surface area contributed by atoms with E-state index in [1.165, 1.54) is 0 Å². The number of rotatable bonds is 3. The number of aromatic nitrogens is 1. The average Bonchev–Trinajstić information content (AvgIpc) is 2.90. The molecule has 7 nitrogen and oxygen atoms in total. The Bertz CT molecular complexity index is 748. The van der Waals surface area contributed by atoms with Crippen LogP contribution in [0.4, 0.5) is 5.69 Å². The monoisotopic (exact) mass is 286 g/mol. The Labute approximate surface area is 120 Å². The number of nitrogens with one attached hydrogen (secondary N) is 2. The minimum Gasteiger partial charge on any atom is -0.441 e. The Kier molecular flexibility index (Phi) is 3.39. The fourth-order valence-corrected chi connectivity index (χ4v) is 2.05. The molecule has 2 aromatic rings. The number of aryl methyl sites for hydroxylation is 1. The molecule has 2 heterocycles. The summed E-state index contributed by atoms with van der Waals surface area (Å²) in [6.07, 6.45) is 1.32. The van der Waals surface area contributed by atoms with E-state index in [0.717, 1.165) is 0 Å².